The smallest absolute Gasteiger partial charge is 0.252 e. The van der Waals surface area contributed by atoms with Gasteiger partial charge in [0.1, 0.15) is 4.21 Å². The van der Waals surface area contributed by atoms with E-state index in [0.717, 1.165) is 17.7 Å². The van der Waals surface area contributed by atoms with Gasteiger partial charge in [0.05, 0.1) is 6.10 Å². The van der Waals surface area contributed by atoms with E-state index in [2.05, 4.69) is 0 Å². The van der Waals surface area contributed by atoms with Gasteiger partial charge in [-0.1, -0.05) is 0 Å². The van der Waals surface area contributed by atoms with Gasteiger partial charge >= 0.3 is 0 Å². The summed E-state index contributed by atoms with van der Waals surface area (Å²) in [5, 5.41) is 0. The van der Waals surface area contributed by atoms with Gasteiger partial charge in [-0.3, -0.25) is 0 Å². The lowest BCUT2D eigenvalue weighted by Gasteiger charge is -2.20. The number of sulfonamides is 1. The Balaban J connectivity index is 2.19. The Morgan fingerprint density at radius 3 is 3.05 bits per heavy atom. The van der Waals surface area contributed by atoms with Gasteiger partial charge in [0, 0.05) is 24.6 Å². The molecule has 0 saturated carbocycles. The van der Waals surface area contributed by atoms with Crippen molar-refractivity contribution >= 4 is 21.4 Å². The van der Waals surface area contributed by atoms with Crippen LogP contribution in [0.3, 0.4) is 0 Å². The molecule has 1 aromatic rings. The Morgan fingerprint density at radius 2 is 2.32 bits per heavy atom. The van der Waals surface area contributed by atoms with Crippen molar-refractivity contribution in [2.45, 2.75) is 30.1 Å². The number of nitrogens with zero attached hydrogens (tertiary/aromatic N) is 1. The summed E-state index contributed by atoms with van der Waals surface area (Å²) in [6, 6.07) is 3.53. The van der Waals surface area contributed by atoms with Crippen LogP contribution in [-0.2, 0) is 21.2 Å². The van der Waals surface area contributed by atoms with E-state index in [1.165, 1.54) is 15.6 Å². The Morgan fingerprint density at radius 1 is 1.53 bits per heavy atom. The highest BCUT2D eigenvalue weighted by Crippen LogP contribution is 2.26. The van der Waals surface area contributed by atoms with Crippen LogP contribution in [0.25, 0.3) is 0 Å². The van der Waals surface area contributed by atoms with Crippen molar-refractivity contribution in [2.24, 2.45) is 5.73 Å². The summed E-state index contributed by atoms with van der Waals surface area (Å²) in [5.41, 5.74) is 5.49. The average Bonchev–Trinajstić information content (AvgIpc) is 2.72. The third-order valence-corrected chi connectivity index (χ3v) is 6.51. The first-order chi connectivity index (χ1) is 9.04. The van der Waals surface area contributed by atoms with Gasteiger partial charge in [0.25, 0.3) is 10.0 Å². The van der Waals surface area contributed by atoms with Crippen LogP contribution >= 0.6 is 11.3 Å². The summed E-state index contributed by atoms with van der Waals surface area (Å²) in [6.07, 6.45) is 1.41. The molecule has 1 atom stereocenters. The van der Waals surface area contributed by atoms with Gasteiger partial charge in [-0.2, -0.15) is 4.31 Å². The zero-order valence-electron chi connectivity index (χ0n) is 11.0. The molecular formula is C12H20N2O3S2. The van der Waals surface area contributed by atoms with E-state index in [4.69, 9.17) is 10.5 Å². The standard InChI is InChI=1S/C12H20N2O3S2/c1-10-9-14(7-2-8-17-10)19(15,16)12-4-3-11(18-12)5-6-13/h3-4,10H,2,5-9,13H2,1H3. The lowest BCUT2D eigenvalue weighted by molar-refractivity contribution is 0.0752. The number of hydrogen-bond donors (Lipinski definition) is 1. The normalized spacial score (nSPS) is 22.3. The molecule has 108 valence electrons. The second-order valence-electron chi connectivity index (χ2n) is 4.66. The fourth-order valence-corrected chi connectivity index (χ4v) is 5.15. The van der Waals surface area contributed by atoms with Gasteiger partial charge < -0.3 is 10.5 Å². The molecule has 0 spiro atoms. The van der Waals surface area contributed by atoms with Gasteiger partial charge in [0.15, 0.2) is 0 Å². The van der Waals surface area contributed by atoms with Gasteiger partial charge in [-0.25, -0.2) is 8.42 Å². The topological polar surface area (TPSA) is 72.6 Å². The maximum Gasteiger partial charge on any atom is 0.252 e. The average molecular weight is 304 g/mol. The van der Waals surface area contributed by atoms with Crippen molar-refractivity contribution in [3.05, 3.63) is 17.0 Å². The third kappa shape index (κ3) is 3.55. The highest BCUT2D eigenvalue weighted by atomic mass is 32.2. The minimum atomic E-state index is -3.38. The molecule has 2 N–H and O–H groups in total. The molecule has 1 aliphatic rings. The highest BCUT2D eigenvalue weighted by Gasteiger charge is 2.28. The highest BCUT2D eigenvalue weighted by molar-refractivity contribution is 7.91. The molecule has 5 nitrogen and oxygen atoms in total. The van der Waals surface area contributed by atoms with Crippen LogP contribution in [0.5, 0.6) is 0 Å². The minimum Gasteiger partial charge on any atom is -0.377 e. The van der Waals surface area contributed by atoms with Gasteiger partial charge in [-0.05, 0) is 38.4 Å². The van der Waals surface area contributed by atoms with Crippen LogP contribution in [0.15, 0.2) is 16.3 Å². The molecule has 0 aromatic carbocycles. The molecule has 1 aromatic heterocycles. The van der Waals surface area contributed by atoms with E-state index in [-0.39, 0.29) is 6.10 Å². The Hall–Kier alpha value is -0.470. The summed E-state index contributed by atoms with van der Waals surface area (Å²) >= 11 is 1.32. The molecule has 2 heterocycles. The Kier molecular flexibility index (Phi) is 4.97. The fraction of sp³-hybridized carbons (Fsp3) is 0.667. The molecule has 0 radical (unpaired) electrons. The summed E-state index contributed by atoms with van der Waals surface area (Å²) < 4.78 is 32.5. The molecule has 2 rings (SSSR count). The van der Waals surface area contributed by atoms with Crippen LogP contribution in [-0.4, -0.2) is 45.1 Å². The Bertz CT molecular complexity index is 513. The van der Waals surface area contributed by atoms with Gasteiger partial charge in [0.2, 0.25) is 0 Å². The number of ether oxygens (including phenoxy) is 1. The van der Waals surface area contributed by atoms with Crippen LogP contribution in [0, 0.1) is 0 Å². The van der Waals surface area contributed by atoms with E-state index in [9.17, 15) is 8.42 Å². The van der Waals surface area contributed by atoms with E-state index in [1.54, 1.807) is 6.07 Å². The van der Waals surface area contributed by atoms with Crippen molar-refractivity contribution in [1.82, 2.24) is 4.31 Å². The predicted molar refractivity (Wildman–Crippen MR) is 75.9 cm³/mol. The van der Waals surface area contributed by atoms with E-state index in [1.807, 2.05) is 13.0 Å². The summed E-state index contributed by atoms with van der Waals surface area (Å²) in [6.45, 7) is 4.01. The zero-order chi connectivity index (χ0) is 13.9. The van der Waals surface area contributed by atoms with Crippen molar-refractivity contribution in [3.8, 4) is 0 Å². The maximum atomic E-state index is 12.6. The van der Waals surface area contributed by atoms with E-state index in [0.29, 0.717) is 30.5 Å². The van der Waals surface area contributed by atoms with Crippen LogP contribution < -0.4 is 5.73 Å². The number of hydrogen-bond acceptors (Lipinski definition) is 5. The SMILES string of the molecule is CC1CN(S(=O)(=O)c2ccc(CCN)s2)CCCO1. The molecule has 0 amide bonds. The number of rotatable bonds is 4. The van der Waals surface area contributed by atoms with Crippen molar-refractivity contribution in [3.63, 3.8) is 0 Å². The molecule has 1 fully saturated rings. The van der Waals surface area contributed by atoms with Crippen LogP contribution in [0.4, 0.5) is 0 Å². The number of thiophene rings is 1. The lowest BCUT2D eigenvalue weighted by atomic mass is 10.3. The first kappa shape index (κ1) is 14.9. The van der Waals surface area contributed by atoms with E-state index >= 15 is 0 Å². The minimum absolute atomic E-state index is 0.0549. The predicted octanol–water partition coefficient (Wildman–Crippen LogP) is 1.05. The van der Waals surface area contributed by atoms with Gasteiger partial charge in [-0.15, -0.1) is 11.3 Å². The second kappa shape index (κ2) is 6.32. The number of nitrogens with two attached hydrogens (primary N) is 1. The van der Waals surface area contributed by atoms with Crippen molar-refractivity contribution in [1.29, 1.82) is 0 Å². The molecule has 1 saturated heterocycles. The summed E-state index contributed by atoms with van der Waals surface area (Å²) in [7, 11) is -3.38. The first-order valence-electron chi connectivity index (χ1n) is 6.44. The van der Waals surface area contributed by atoms with E-state index < -0.39 is 10.0 Å². The van der Waals surface area contributed by atoms with Crippen molar-refractivity contribution < 1.29 is 13.2 Å². The fourth-order valence-electron chi connectivity index (χ4n) is 2.08. The quantitative estimate of drug-likeness (QED) is 0.902. The molecule has 1 aliphatic heterocycles. The summed E-state index contributed by atoms with van der Waals surface area (Å²) in [5.74, 6) is 0. The molecule has 19 heavy (non-hydrogen) atoms. The van der Waals surface area contributed by atoms with Crippen molar-refractivity contribution in [2.75, 3.05) is 26.2 Å². The molecule has 0 aliphatic carbocycles. The zero-order valence-corrected chi connectivity index (χ0v) is 12.7. The van der Waals surface area contributed by atoms with Crippen LogP contribution in [0.1, 0.15) is 18.2 Å². The molecule has 0 bridgehead atoms. The first-order valence-corrected chi connectivity index (χ1v) is 8.70. The maximum absolute atomic E-state index is 12.6. The largest absolute Gasteiger partial charge is 0.377 e. The third-order valence-electron chi connectivity index (χ3n) is 3.04. The monoisotopic (exact) mass is 304 g/mol. The van der Waals surface area contributed by atoms with Crippen LogP contribution in [0.2, 0.25) is 0 Å². The molecular weight excluding hydrogens is 284 g/mol. The Labute approximate surface area is 118 Å². The molecule has 1 unspecified atom stereocenters. The summed E-state index contributed by atoms with van der Waals surface area (Å²) in [4.78, 5) is 1.01. The lowest BCUT2D eigenvalue weighted by Crippen LogP contribution is -2.35. The molecule has 7 heteroatoms. The second-order valence-corrected chi connectivity index (χ2v) is 7.99.